The van der Waals surface area contributed by atoms with E-state index in [-0.39, 0.29) is 0 Å². The molecule has 0 aromatic carbocycles. The Morgan fingerprint density at radius 2 is 2.00 bits per heavy atom. The Balaban J connectivity index is 2.45. The number of halogens is 1. The van der Waals surface area contributed by atoms with Gasteiger partial charge in [-0.2, -0.15) is 0 Å². The van der Waals surface area contributed by atoms with Gasteiger partial charge in [0.15, 0.2) is 0 Å². The van der Waals surface area contributed by atoms with Crippen LogP contribution in [0.3, 0.4) is 0 Å². The average molecular weight is 262 g/mol. The van der Waals surface area contributed by atoms with E-state index in [0.29, 0.717) is 6.04 Å². The number of hydrogen-bond acceptors (Lipinski definition) is 1. The predicted molar refractivity (Wildman–Crippen MR) is 56.6 cm³/mol. The van der Waals surface area contributed by atoms with E-state index < -0.39 is 0 Å². The van der Waals surface area contributed by atoms with Crippen LogP contribution in [0.5, 0.6) is 0 Å². The summed E-state index contributed by atoms with van der Waals surface area (Å²) in [6.45, 7) is 2.22. The van der Waals surface area contributed by atoms with Crippen molar-refractivity contribution < 1.29 is 0 Å². The van der Waals surface area contributed by atoms with Gasteiger partial charge in [0.2, 0.25) is 0 Å². The number of rotatable bonds is 2. The monoisotopic (exact) mass is 262 g/mol. The minimum atomic E-state index is 0.525. The van der Waals surface area contributed by atoms with Crippen molar-refractivity contribution in [2.45, 2.75) is 13.0 Å². The van der Waals surface area contributed by atoms with Crippen molar-refractivity contribution >= 4 is 22.6 Å². The predicted octanol–water partition coefficient (Wildman–Crippen LogP) is 2.10. The van der Waals surface area contributed by atoms with Gasteiger partial charge in [-0.05, 0) is 40.3 Å². The number of hydrogen-bond donors (Lipinski definition) is 0. The van der Waals surface area contributed by atoms with Gasteiger partial charge in [-0.1, -0.05) is 22.6 Å². The minimum absolute atomic E-state index is 0.525. The van der Waals surface area contributed by atoms with E-state index in [9.17, 15) is 0 Å². The lowest BCUT2D eigenvalue weighted by atomic mass is 9.99. The smallest absolute Gasteiger partial charge is 0.0491 e. The van der Waals surface area contributed by atoms with Crippen LogP contribution in [-0.4, -0.2) is 25.0 Å². The molecule has 61 valence electrons. The van der Waals surface area contributed by atoms with Gasteiger partial charge in [-0.15, -0.1) is 0 Å². The molecule has 0 saturated heterocycles. The molecule has 0 amide bonds. The zero-order valence-electron chi connectivity index (χ0n) is 7.13. The molecule has 0 bridgehead atoms. The average Bonchev–Trinajstić information content (AvgIpc) is 2.33. The van der Waals surface area contributed by atoms with E-state index in [1.165, 1.54) is 9.84 Å². The summed E-state index contributed by atoms with van der Waals surface area (Å²) < 4.78 is 1.36. The van der Waals surface area contributed by atoms with Gasteiger partial charge in [0.25, 0.3) is 0 Å². The molecule has 0 unspecified atom stereocenters. The molecule has 0 aromatic rings. The third kappa shape index (κ3) is 2.31. The van der Waals surface area contributed by atoms with Crippen molar-refractivity contribution in [2.75, 3.05) is 14.1 Å². The van der Waals surface area contributed by atoms with Crippen molar-refractivity contribution in [3.8, 4) is 0 Å². The van der Waals surface area contributed by atoms with Crippen LogP contribution in [-0.2, 0) is 0 Å². The zero-order valence-corrected chi connectivity index (χ0v) is 9.29. The van der Waals surface area contributed by atoms with Gasteiger partial charge < -0.3 is 4.90 Å². The molecular weight excluding hydrogens is 249 g/mol. The summed E-state index contributed by atoms with van der Waals surface area (Å²) in [5.74, 6) is 1.43. The molecule has 1 aliphatic rings. The summed E-state index contributed by atoms with van der Waals surface area (Å²) in [6.07, 6.45) is 6.44. The summed E-state index contributed by atoms with van der Waals surface area (Å²) in [5, 5.41) is 0. The van der Waals surface area contributed by atoms with Gasteiger partial charge in [0, 0.05) is 15.9 Å². The highest BCUT2D eigenvalue weighted by atomic mass is 127. The van der Waals surface area contributed by atoms with E-state index in [1.54, 1.807) is 0 Å². The number of nitrogens with zero attached hydrogens (tertiary/aromatic N) is 1. The van der Waals surface area contributed by atoms with Crippen LogP contribution in [0, 0.1) is 29.1 Å². The fourth-order valence-corrected chi connectivity index (χ4v) is 1.87. The molecule has 5 radical (unpaired) electrons. The Kier molecular flexibility index (Phi) is 3.62. The summed E-state index contributed by atoms with van der Waals surface area (Å²) in [5.41, 5.74) is 0. The Labute approximate surface area is 83.7 Å². The minimum Gasteiger partial charge on any atom is -0.306 e. The molecular formula is C9H13IN. The van der Waals surface area contributed by atoms with Crippen LogP contribution in [0.25, 0.3) is 0 Å². The van der Waals surface area contributed by atoms with Crippen LogP contribution in [0.2, 0.25) is 0 Å². The van der Waals surface area contributed by atoms with Crippen molar-refractivity contribution in [2.24, 2.45) is 0 Å². The molecule has 1 fully saturated rings. The van der Waals surface area contributed by atoms with Crippen LogP contribution >= 0.6 is 22.6 Å². The first-order valence-corrected chi connectivity index (χ1v) is 4.78. The van der Waals surface area contributed by atoms with E-state index in [0.717, 1.165) is 0 Å². The second-order valence-corrected chi connectivity index (χ2v) is 4.13. The fraction of sp³-hybridized carbons (Fsp3) is 0.444. The van der Waals surface area contributed by atoms with Gasteiger partial charge in [-0.25, -0.2) is 0 Å². The highest BCUT2D eigenvalue weighted by molar-refractivity contribution is 14.1. The van der Waals surface area contributed by atoms with Crippen LogP contribution in [0.4, 0.5) is 0 Å². The summed E-state index contributed by atoms with van der Waals surface area (Å²) in [7, 11) is 4.21. The molecule has 1 saturated carbocycles. The largest absolute Gasteiger partial charge is 0.306 e. The first-order valence-electron chi connectivity index (χ1n) is 3.70. The third-order valence-electron chi connectivity index (χ3n) is 2.02. The second-order valence-electron chi connectivity index (χ2n) is 2.97. The van der Waals surface area contributed by atoms with Crippen molar-refractivity contribution in [3.63, 3.8) is 0 Å². The molecule has 0 spiro atoms. The highest BCUT2D eigenvalue weighted by Gasteiger charge is 2.32. The SMILES string of the molecule is C[C@H]([C]1[CH][CH][CH][C]1I)N(C)C. The standard InChI is InChI=1S/C9H13IN/c1-7(11(2)3)8-5-4-6-9(8)10/h4-7H,1-3H3/t7-/m1/s1. The summed E-state index contributed by atoms with van der Waals surface area (Å²) in [6, 6.07) is 0.525. The molecule has 1 rings (SSSR count). The molecule has 11 heavy (non-hydrogen) atoms. The Bertz CT molecular complexity index is 125. The lowest BCUT2D eigenvalue weighted by molar-refractivity contribution is 0.334. The molecule has 0 N–H and O–H groups in total. The zero-order chi connectivity index (χ0) is 8.43. The summed E-state index contributed by atoms with van der Waals surface area (Å²) in [4.78, 5) is 2.22. The molecule has 2 heteroatoms. The maximum Gasteiger partial charge on any atom is 0.0491 e. The Hall–Kier alpha value is 0.690. The summed E-state index contributed by atoms with van der Waals surface area (Å²) >= 11 is 2.38. The van der Waals surface area contributed by atoms with E-state index in [4.69, 9.17) is 0 Å². The quantitative estimate of drug-likeness (QED) is 0.689. The van der Waals surface area contributed by atoms with E-state index in [2.05, 4.69) is 67.8 Å². The maximum atomic E-state index is 2.38. The van der Waals surface area contributed by atoms with E-state index in [1.807, 2.05) is 0 Å². The normalized spacial score (nSPS) is 24.8. The first-order chi connectivity index (χ1) is 5.13. The van der Waals surface area contributed by atoms with Crippen LogP contribution in [0.15, 0.2) is 0 Å². The maximum absolute atomic E-state index is 2.38. The van der Waals surface area contributed by atoms with Gasteiger partial charge in [-0.3, -0.25) is 0 Å². The van der Waals surface area contributed by atoms with Crippen molar-refractivity contribution in [1.82, 2.24) is 4.90 Å². The molecule has 0 aromatic heterocycles. The topological polar surface area (TPSA) is 3.24 Å². The molecule has 1 aliphatic carbocycles. The second kappa shape index (κ2) is 4.08. The molecule has 1 atom stereocenters. The van der Waals surface area contributed by atoms with E-state index >= 15 is 0 Å². The van der Waals surface area contributed by atoms with Crippen LogP contribution < -0.4 is 0 Å². The van der Waals surface area contributed by atoms with Gasteiger partial charge in [0.1, 0.15) is 0 Å². The third-order valence-corrected chi connectivity index (χ3v) is 3.00. The Morgan fingerprint density at radius 3 is 2.36 bits per heavy atom. The van der Waals surface area contributed by atoms with Crippen molar-refractivity contribution in [3.05, 3.63) is 29.1 Å². The lowest BCUT2D eigenvalue weighted by Gasteiger charge is -2.27. The van der Waals surface area contributed by atoms with Crippen LogP contribution in [0.1, 0.15) is 6.92 Å². The molecule has 0 heterocycles. The molecule has 1 nitrogen and oxygen atoms in total. The van der Waals surface area contributed by atoms with Gasteiger partial charge >= 0.3 is 0 Å². The first kappa shape index (κ1) is 9.78. The Morgan fingerprint density at radius 1 is 1.36 bits per heavy atom. The molecule has 0 aliphatic heterocycles. The van der Waals surface area contributed by atoms with Gasteiger partial charge in [0.05, 0.1) is 0 Å². The van der Waals surface area contributed by atoms with Crippen molar-refractivity contribution in [1.29, 1.82) is 0 Å². The lowest BCUT2D eigenvalue weighted by Crippen LogP contribution is -2.31. The fourth-order valence-electron chi connectivity index (χ4n) is 1.03. The highest BCUT2D eigenvalue weighted by Crippen LogP contribution is 2.41.